The van der Waals surface area contributed by atoms with Gasteiger partial charge in [-0.25, -0.2) is 4.39 Å². The molecule has 0 aliphatic rings. The Hall–Kier alpha value is -1.53. The van der Waals surface area contributed by atoms with Gasteiger partial charge in [0.25, 0.3) is 0 Å². The number of aromatic nitrogens is 1. The molecule has 0 radical (unpaired) electrons. The van der Waals surface area contributed by atoms with Gasteiger partial charge in [0.05, 0.1) is 6.20 Å². The maximum absolute atomic E-state index is 13.7. The lowest BCUT2D eigenvalue weighted by molar-refractivity contribution is 0.410. The topological polar surface area (TPSA) is 34.2 Å². The molecule has 0 fully saturated rings. The SMILES string of the molecule is CCCNCc1ccncc1Oc1cc(Br)cc(F)c1F. The highest BCUT2D eigenvalue weighted by atomic mass is 79.9. The molecule has 2 rings (SSSR count). The summed E-state index contributed by atoms with van der Waals surface area (Å²) >= 11 is 3.12. The summed E-state index contributed by atoms with van der Waals surface area (Å²) in [6.45, 7) is 3.50. The zero-order chi connectivity index (χ0) is 15.2. The van der Waals surface area contributed by atoms with Gasteiger partial charge in [0.15, 0.2) is 11.6 Å². The number of hydrogen-bond donors (Lipinski definition) is 1. The molecule has 1 N–H and O–H groups in total. The monoisotopic (exact) mass is 356 g/mol. The van der Waals surface area contributed by atoms with Gasteiger partial charge < -0.3 is 10.1 Å². The second kappa shape index (κ2) is 7.47. The second-order valence-electron chi connectivity index (χ2n) is 4.46. The molecule has 6 heteroatoms. The molecular formula is C15H15BrF2N2O. The highest BCUT2D eigenvalue weighted by molar-refractivity contribution is 9.10. The van der Waals surface area contributed by atoms with Crippen LogP contribution in [0.25, 0.3) is 0 Å². The van der Waals surface area contributed by atoms with Crippen molar-refractivity contribution >= 4 is 15.9 Å². The zero-order valence-electron chi connectivity index (χ0n) is 11.5. The molecular weight excluding hydrogens is 342 g/mol. The van der Waals surface area contributed by atoms with Gasteiger partial charge >= 0.3 is 0 Å². The molecule has 0 aliphatic heterocycles. The number of nitrogens with zero attached hydrogens (tertiary/aromatic N) is 1. The standard InChI is InChI=1S/C15H15BrF2N2O/c1-2-4-19-8-10-3-5-20-9-14(10)21-13-7-11(16)6-12(17)15(13)18/h3,5-7,9,19H,2,4,8H2,1H3. The number of ether oxygens (including phenoxy) is 1. The minimum atomic E-state index is -1.02. The number of benzene rings is 1. The molecule has 112 valence electrons. The first-order chi connectivity index (χ1) is 10.1. The van der Waals surface area contributed by atoms with E-state index in [1.165, 1.54) is 12.3 Å². The fourth-order valence-electron chi connectivity index (χ4n) is 1.77. The highest BCUT2D eigenvalue weighted by Crippen LogP contribution is 2.30. The summed E-state index contributed by atoms with van der Waals surface area (Å²) < 4.78 is 33.0. The van der Waals surface area contributed by atoms with Crippen LogP contribution >= 0.6 is 15.9 Å². The minimum absolute atomic E-state index is 0.174. The van der Waals surface area contributed by atoms with Crippen LogP contribution in [0.2, 0.25) is 0 Å². The predicted molar refractivity (Wildman–Crippen MR) is 80.4 cm³/mol. The Morgan fingerprint density at radius 3 is 2.86 bits per heavy atom. The Morgan fingerprint density at radius 2 is 2.10 bits per heavy atom. The first-order valence-corrected chi connectivity index (χ1v) is 7.37. The lowest BCUT2D eigenvalue weighted by Crippen LogP contribution is -2.14. The van der Waals surface area contributed by atoms with Crippen LogP contribution in [0.3, 0.4) is 0 Å². The number of hydrogen-bond acceptors (Lipinski definition) is 3. The van der Waals surface area contributed by atoms with E-state index in [1.807, 2.05) is 0 Å². The summed E-state index contributed by atoms with van der Waals surface area (Å²) in [5, 5.41) is 3.23. The van der Waals surface area contributed by atoms with Crippen molar-refractivity contribution in [3.05, 3.63) is 52.3 Å². The molecule has 0 atom stereocenters. The van der Waals surface area contributed by atoms with Crippen LogP contribution < -0.4 is 10.1 Å². The van der Waals surface area contributed by atoms with Gasteiger partial charge in [0, 0.05) is 22.8 Å². The highest BCUT2D eigenvalue weighted by Gasteiger charge is 2.14. The quantitative estimate of drug-likeness (QED) is 0.614. The number of pyridine rings is 1. The molecule has 3 nitrogen and oxygen atoms in total. The molecule has 0 amide bonds. The van der Waals surface area contributed by atoms with E-state index in [0.717, 1.165) is 24.6 Å². The Kier molecular flexibility index (Phi) is 5.64. The summed E-state index contributed by atoms with van der Waals surface area (Å²) in [6, 6.07) is 4.22. The lowest BCUT2D eigenvalue weighted by atomic mass is 10.2. The third-order valence-corrected chi connectivity index (χ3v) is 3.25. The van der Waals surface area contributed by atoms with Crippen LogP contribution in [0.1, 0.15) is 18.9 Å². The van der Waals surface area contributed by atoms with Crippen molar-refractivity contribution < 1.29 is 13.5 Å². The fraction of sp³-hybridized carbons (Fsp3) is 0.267. The molecule has 0 spiro atoms. The van der Waals surface area contributed by atoms with Crippen molar-refractivity contribution in [2.75, 3.05) is 6.54 Å². The average molecular weight is 357 g/mol. The van der Waals surface area contributed by atoms with Crippen LogP contribution in [-0.4, -0.2) is 11.5 Å². The van der Waals surface area contributed by atoms with Crippen LogP contribution in [0.15, 0.2) is 35.1 Å². The molecule has 1 aromatic carbocycles. The number of rotatable bonds is 6. The van der Waals surface area contributed by atoms with E-state index in [9.17, 15) is 8.78 Å². The maximum atomic E-state index is 13.7. The number of nitrogens with one attached hydrogen (secondary N) is 1. The van der Waals surface area contributed by atoms with Gasteiger partial charge in [-0.2, -0.15) is 4.39 Å². The van der Waals surface area contributed by atoms with Gasteiger partial charge in [-0.1, -0.05) is 22.9 Å². The van der Waals surface area contributed by atoms with E-state index in [4.69, 9.17) is 4.74 Å². The molecule has 0 saturated carbocycles. The Balaban J connectivity index is 2.23. The van der Waals surface area contributed by atoms with Crippen LogP contribution in [0.4, 0.5) is 8.78 Å². The molecule has 0 bridgehead atoms. The van der Waals surface area contributed by atoms with Gasteiger partial charge in [-0.3, -0.25) is 4.98 Å². The van der Waals surface area contributed by atoms with E-state index >= 15 is 0 Å². The summed E-state index contributed by atoms with van der Waals surface area (Å²) in [5.41, 5.74) is 0.832. The molecule has 0 saturated heterocycles. The first-order valence-electron chi connectivity index (χ1n) is 6.57. The van der Waals surface area contributed by atoms with Crippen molar-refractivity contribution in [1.82, 2.24) is 10.3 Å². The lowest BCUT2D eigenvalue weighted by Gasteiger charge is -2.12. The van der Waals surface area contributed by atoms with E-state index < -0.39 is 11.6 Å². The van der Waals surface area contributed by atoms with Gasteiger partial charge in [-0.15, -0.1) is 0 Å². The van der Waals surface area contributed by atoms with Crippen LogP contribution in [-0.2, 0) is 6.54 Å². The summed E-state index contributed by atoms with van der Waals surface area (Å²) in [4.78, 5) is 3.96. The Labute approximate surface area is 130 Å². The van der Waals surface area contributed by atoms with Crippen LogP contribution in [0, 0.1) is 11.6 Å². The first kappa shape index (κ1) is 15.9. The van der Waals surface area contributed by atoms with Crippen molar-refractivity contribution in [2.24, 2.45) is 0 Å². The fourth-order valence-corrected chi connectivity index (χ4v) is 2.18. The normalized spacial score (nSPS) is 10.7. The van der Waals surface area contributed by atoms with E-state index in [0.29, 0.717) is 16.8 Å². The maximum Gasteiger partial charge on any atom is 0.201 e. The Morgan fingerprint density at radius 1 is 1.29 bits per heavy atom. The van der Waals surface area contributed by atoms with Crippen molar-refractivity contribution in [2.45, 2.75) is 19.9 Å². The van der Waals surface area contributed by atoms with Crippen molar-refractivity contribution in [1.29, 1.82) is 0 Å². The largest absolute Gasteiger partial charge is 0.452 e. The van der Waals surface area contributed by atoms with E-state index in [2.05, 4.69) is 33.2 Å². The molecule has 21 heavy (non-hydrogen) atoms. The second-order valence-corrected chi connectivity index (χ2v) is 5.38. The summed E-state index contributed by atoms with van der Waals surface area (Å²) in [6.07, 6.45) is 4.13. The van der Waals surface area contributed by atoms with Crippen molar-refractivity contribution in [3.8, 4) is 11.5 Å². The Bertz CT molecular complexity index is 623. The third-order valence-electron chi connectivity index (χ3n) is 2.79. The van der Waals surface area contributed by atoms with Gasteiger partial charge in [0.1, 0.15) is 5.75 Å². The van der Waals surface area contributed by atoms with Crippen LogP contribution in [0.5, 0.6) is 11.5 Å². The third kappa shape index (κ3) is 4.22. The van der Waals surface area contributed by atoms with E-state index in [-0.39, 0.29) is 5.75 Å². The van der Waals surface area contributed by atoms with Crippen molar-refractivity contribution in [3.63, 3.8) is 0 Å². The summed E-state index contributed by atoms with van der Waals surface area (Å²) in [5.74, 6) is -1.76. The average Bonchev–Trinajstić information content (AvgIpc) is 2.46. The molecule has 2 aromatic rings. The molecule has 0 unspecified atom stereocenters. The summed E-state index contributed by atoms with van der Waals surface area (Å²) in [7, 11) is 0. The van der Waals surface area contributed by atoms with Gasteiger partial charge in [0.2, 0.25) is 5.82 Å². The smallest absolute Gasteiger partial charge is 0.201 e. The minimum Gasteiger partial charge on any atom is -0.452 e. The molecule has 1 heterocycles. The number of halogens is 3. The molecule has 0 aliphatic carbocycles. The van der Waals surface area contributed by atoms with E-state index in [1.54, 1.807) is 12.3 Å². The zero-order valence-corrected chi connectivity index (χ0v) is 13.1. The molecule has 1 aromatic heterocycles. The van der Waals surface area contributed by atoms with Gasteiger partial charge in [-0.05, 0) is 31.2 Å². The predicted octanol–water partition coefficient (Wildman–Crippen LogP) is 4.41.